The maximum atomic E-state index is 12.0. The van der Waals surface area contributed by atoms with Crippen LogP contribution in [0.3, 0.4) is 0 Å². The van der Waals surface area contributed by atoms with Gasteiger partial charge in [0.2, 0.25) is 0 Å². The Morgan fingerprint density at radius 1 is 1.45 bits per heavy atom. The summed E-state index contributed by atoms with van der Waals surface area (Å²) in [6.07, 6.45) is 2.03. The highest BCUT2D eigenvalue weighted by atomic mass is 32.2. The first-order chi connectivity index (χ1) is 10.2. The van der Waals surface area contributed by atoms with Crippen molar-refractivity contribution in [1.82, 2.24) is 4.90 Å². The van der Waals surface area contributed by atoms with Gasteiger partial charge in [0.1, 0.15) is 0 Å². The first-order valence-electron chi connectivity index (χ1n) is 7.17. The van der Waals surface area contributed by atoms with Crippen LogP contribution in [0.5, 0.6) is 0 Å². The van der Waals surface area contributed by atoms with Gasteiger partial charge in [0.15, 0.2) is 9.84 Å². The highest BCUT2D eigenvalue weighted by Gasteiger charge is 2.29. The zero-order valence-electron chi connectivity index (χ0n) is 13.0. The number of nitro benzene ring substituents is 1. The third-order valence-corrected chi connectivity index (χ3v) is 5.31. The molecule has 1 heterocycles. The molecule has 0 amide bonds. The van der Waals surface area contributed by atoms with Gasteiger partial charge in [0.05, 0.1) is 15.5 Å². The van der Waals surface area contributed by atoms with Gasteiger partial charge in [-0.1, -0.05) is 6.92 Å². The van der Waals surface area contributed by atoms with E-state index in [1.54, 1.807) is 6.07 Å². The van der Waals surface area contributed by atoms with Crippen LogP contribution in [0.2, 0.25) is 0 Å². The predicted molar refractivity (Wildman–Crippen MR) is 85.1 cm³/mol. The third kappa shape index (κ3) is 3.38. The quantitative estimate of drug-likeness (QED) is 0.602. The number of hydrogen-bond acceptors (Lipinski definition) is 6. The van der Waals surface area contributed by atoms with E-state index >= 15 is 0 Å². The van der Waals surface area contributed by atoms with Crippen LogP contribution in [0.1, 0.15) is 13.3 Å². The smallest absolute Gasteiger partial charge is 0.270 e. The van der Waals surface area contributed by atoms with Gasteiger partial charge in [-0.05, 0) is 26.1 Å². The molecule has 1 saturated heterocycles. The minimum Gasteiger partial charge on any atom is -0.369 e. The van der Waals surface area contributed by atoms with Gasteiger partial charge in [0, 0.05) is 37.5 Å². The molecule has 0 aromatic heterocycles. The number of non-ortho nitro benzene ring substituents is 1. The summed E-state index contributed by atoms with van der Waals surface area (Å²) in [5.74, 6) is 0. The van der Waals surface area contributed by atoms with Crippen LogP contribution in [0.4, 0.5) is 11.4 Å². The van der Waals surface area contributed by atoms with E-state index in [2.05, 4.69) is 11.8 Å². The minimum atomic E-state index is -3.53. The van der Waals surface area contributed by atoms with Gasteiger partial charge in [-0.2, -0.15) is 0 Å². The van der Waals surface area contributed by atoms with Gasteiger partial charge >= 0.3 is 0 Å². The highest BCUT2D eigenvalue weighted by molar-refractivity contribution is 7.90. The maximum Gasteiger partial charge on any atom is 0.270 e. The van der Waals surface area contributed by atoms with Crippen LogP contribution < -0.4 is 4.90 Å². The number of likely N-dealkylation sites (N-methyl/N-ethyl adjacent to an activating group) is 1. The van der Waals surface area contributed by atoms with Crippen LogP contribution in [0.15, 0.2) is 23.1 Å². The van der Waals surface area contributed by atoms with Crippen LogP contribution in [-0.4, -0.2) is 57.2 Å². The van der Waals surface area contributed by atoms with Gasteiger partial charge in [0.25, 0.3) is 5.69 Å². The van der Waals surface area contributed by atoms with E-state index in [1.165, 1.54) is 6.07 Å². The molecule has 1 aromatic carbocycles. The van der Waals surface area contributed by atoms with E-state index < -0.39 is 14.8 Å². The zero-order valence-corrected chi connectivity index (χ0v) is 13.8. The molecule has 2 rings (SSSR count). The molecule has 1 fully saturated rings. The van der Waals surface area contributed by atoms with Crippen molar-refractivity contribution >= 4 is 21.2 Å². The molecule has 22 heavy (non-hydrogen) atoms. The van der Waals surface area contributed by atoms with E-state index in [0.717, 1.165) is 38.4 Å². The molecule has 1 unspecified atom stereocenters. The Labute approximate surface area is 130 Å². The number of nitrogens with zero attached hydrogens (tertiary/aromatic N) is 3. The fourth-order valence-corrected chi connectivity index (χ4v) is 3.67. The number of rotatable bonds is 5. The molecule has 0 spiro atoms. The molecule has 1 atom stereocenters. The topological polar surface area (TPSA) is 83.8 Å². The summed E-state index contributed by atoms with van der Waals surface area (Å²) in [5.41, 5.74) is 0.353. The van der Waals surface area contributed by atoms with Gasteiger partial charge in [-0.25, -0.2) is 8.42 Å². The van der Waals surface area contributed by atoms with E-state index in [9.17, 15) is 18.5 Å². The molecule has 1 aromatic rings. The Kier molecular flexibility index (Phi) is 4.72. The second kappa shape index (κ2) is 6.21. The van der Waals surface area contributed by atoms with Crippen molar-refractivity contribution < 1.29 is 13.3 Å². The van der Waals surface area contributed by atoms with Gasteiger partial charge in [-0.15, -0.1) is 0 Å². The molecule has 122 valence electrons. The number of hydrogen-bond donors (Lipinski definition) is 0. The summed E-state index contributed by atoms with van der Waals surface area (Å²) in [6.45, 7) is 4.48. The summed E-state index contributed by atoms with van der Waals surface area (Å²) in [5, 5.41) is 10.9. The lowest BCUT2D eigenvalue weighted by Crippen LogP contribution is -2.34. The summed E-state index contributed by atoms with van der Waals surface area (Å²) < 4.78 is 24.0. The van der Waals surface area contributed by atoms with E-state index in [1.807, 2.05) is 11.9 Å². The molecular formula is C14H21N3O4S. The Morgan fingerprint density at radius 3 is 2.68 bits per heavy atom. The van der Waals surface area contributed by atoms with E-state index in [-0.39, 0.29) is 10.6 Å². The molecule has 8 heteroatoms. The van der Waals surface area contributed by atoms with E-state index in [4.69, 9.17) is 0 Å². The third-order valence-electron chi connectivity index (χ3n) is 4.18. The van der Waals surface area contributed by atoms with Crippen molar-refractivity contribution in [2.24, 2.45) is 0 Å². The first kappa shape index (κ1) is 16.7. The lowest BCUT2D eigenvalue weighted by molar-refractivity contribution is -0.385. The number of benzene rings is 1. The Hall–Kier alpha value is -1.67. The molecule has 0 saturated carbocycles. The summed E-state index contributed by atoms with van der Waals surface area (Å²) >= 11 is 0. The Bertz CT molecular complexity index is 675. The van der Waals surface area contributed by atoms with Gasteiger partial charge in [-0.3, -0.25) is 10.1 Å². The second-order valence-electron chi connectivity index (χ2n) is 5.64. The molecule has 1 aliphatic heterocycles. The van der Waals surface area contributed by atoms with Crippen LogP contribution in [0, 0.1) is 10.1 Å². The number of anilines is 1. The molecule has 7 nitrogen and oxygen atoms in total. The lowest BCUT2D eigenvalue weighted by Gasteiger charge is -2.25. The number of sulfone groups is 1. The molecule has 0 radical (unpaired) electrons. The predicted octanol–water partition coefficient (Wildman–Crippen LogP) is 1.53. The summed E-state index contributed by atoms with van der Waals surface area (Å²) in [6, 6.07) is 4.43. The Morgan fingerprint density at radius 2 is 2.14 bits per heavy atom. The minimum absolute atomic E-state index is 0.0292. The zero-order chi connectivity index (χ0) is 16.5. The van der Waals surface area contributed by atoms with Crippen molar-refractivity contribution in [3.8, 4) is 0 Å². The summed E-state index contributed by atoms with van der Waals surface area (Å²) in [7, 11) is -1.49. The molecule has 1 aliphatic rings. The van der Waals surface area contributed by atoms with Crippen molar-refractivity contribution in [3.63, 3.8) is 0 Å². The largest absolute Gasteiger partial charge is 0.369 e. The maximum absolute atomic E-state index is 12.0. The second-order valence-corrected chi connectivity index (χ2v) is 7.63. The van der Waals surface area contributed by atoms with Crippen molar-refractivity contribution in [2.75, 3.05) is 37.8 Å². The fraction of sp³-hybridized carbons (Fsp3) is 0.571. The van der Waals surface area contributed by atoms with Crippen molar-refractivity contribution in [3.05, 3.63) is 28.3 Å². The standard InChI is InChI=1S/C14H21N3O4S/c1-4-15(2)12-7-8-16(10-12)13-6-5-11(17(18)19)9-14(13)22(3,20)21/h5-6,9,12H,4,7-8,10H2,1-3H3. The average molecular weight is 327 g/mol. The van der Waals surface area contributed by atoms with Crippen LogP contribution in [-0.2, 0) is 9.84 Å². The van der Waals surface area contributed by atoms with Crippen molar-refractivity contribution in [2.45, 2.75) is 24.3 Å². The van der Waals surface area contributed by atoms with Crippen molar-refractivity contribution in [1.29, 1.82) is 0 Å². The normalized spacial score (nSPS) is 18.9. The number of nitro groups is 1. The SMILES string of the molecule is CCN(C)C1CCN(c2ccc([N+](=O)[O-])cc2S(C)(=O)=O)C1. The average Bonchev–Trinajstić information content (AvgIpc) is 2.94. The molecule has 0 N–H and O–H groups in total. The van der Waals surface area contributed by atoms with Crippen LogP contribution in [0.25, 0.3) is 0 Å². The van der Waals surface area contributed by atoms with E-state index in [0.29, 0.717) is 11.7 Å². The first-order valence-corrected chi connectivity index (χ1v) is 9.07. The Balaban J connectivity index is 2.38. The fourth-order valence-electron chi connectivity index (χ4n) is 2.75. The monoisotopic (exact) mass is 327 g/mol. The van der Waals surface area contributed by atoms with Gasteiger partial charge < -0.3 is 9.80 Å². The summed E-state index contributed by atoms with van der Waals surface area (Å²) in [4.78, 5) is 14.6. The lowest BCUT2D eigenvalue weighted by atomic mass is 10.2. The molecular weight excluding hydrogens is 306 g/mol. The van der Waals surface area contributed by atoms with Crippen LogP contribution >= 0.6 is 0 Å². The molecule has 0 aliphatic carbocycles. The highest BCUT2D eigenvalue weighted by Crippen LogP contribution is 2.32. The molecule has 0 bridgehead atoms.